The van der Waals surface area contributed by atoms with E-state index in [1.807, 2.05) is 19.9 Å². The Morgan fingerprint density at radius 3 is 2.40 bits per heavy atom. The van der Waals surface area contributed by atoms with Crippen LogP contribution in [0.25, 0.3) is 0 Å². The van der Waals surface area contributed by atoms with Crippen LogP contribution in [0.5, 0.6) is 0 Å². The van der Waals surface area contributed by atoms with Crippen LogP contribution < -0.4 is 5.30 Å². The summed E-state index contributed by atoms with van der Waals surface area (Å²) in [5, 5.41) is 0.259. The summed E-state index contributed by atoms with van der Waals surface area (Å²) in [6, 6.07) is 6.78. The molecule has 1 aromatic rings. The standard InChI is InChI=1S/C11H19O3P/c1-3-4-8-15(12,13,14)11-7-5-6-10(2)9-11/h5-7,9,12-14H,3-4,8H2,1-2H3. The Labute approximate surface area is 90.6 Å². The van der Waals surface area contributed by atoms with E-state index in [1.54, 1.807) is 18.2 Å². The van der Waals surface area contributed by atoms with Crippen LogP contribution in [0.3, 0.4) is 0 Å². The maximum absolute atomic E-state index is 9.95. The second kappa shape index (κ2) is 4.18. The van der Waals surface area contributed by atoms with Crippen molar-refractivity contribution in [1.82, 2.24) is 0 Å². The molecule has 0 fully saturated rings. The van der Waals surface area contributed by atoms with Crippen molar-refractivity contribution in [2.45, 2.75) is 26.7 Å². The van der Waals surface area contributed by atoms with E-state index >= 15 is 0 Å². The topological polar surface area (TPSA) is 60.7 Å². The second-order valence-corrected chi connectivity index (χ2v) is 7.33. The second-order valence-electron chi connectivity index (χ2n) is 4.07. The number of aryl methyl sites for hydroxylation is 1. The molecule has 0 aliphatic rings. The molecule has 0 saturated carbocycles. The molecule has 0 radical (unpaired) electrons. The van der Waals surface area contributed by atoms with Crippen LogP contribution in [0.1, 0.15) is 25.3 Å². The summed E-state index contributed by atoms with van der Waals surface area (Å²) in [6.45, 7) is 3.80. The fourth-order valence-corrected chi connectivity index (χ4v) is 3.51. The van der Waals surface area contributed by atoms with Gasteiger partial charge in [-0.15, -0.1) is 0 Å². The Balaban J connectivity index is 3.02. The molecular weight excluding hydrogens is 211 g/mol. The van der Waals surface area contributed by atoms with Crippen LogP contribution in [0.15, 0.2) is 24.3 Å². The quantitative estimate of drug-likeness (QED) is 0.690. The normalized spacial score (nSPS) is 14.6. The SMILES string of the molecule is CCCCP(O)(O)(O)c1cccc(C)c1. The summed E-state index contributed by atoms with van der Waals surface area (Å²) < 4.78 is 0. The first-order valence-corrected chi connectivity index (χ1v) is 7.45. The third-order valence-corrected chi connectivity index (χ3v) is 4.93. The summed E-state index contributed by atoms with van der Waals surface area (Å²) in [6.07, 6.45) is 1.48. The summed E-state index contributed by atoms with van der Waals surface area (Å²) in [7, 11) is -4.60. The van der Waals surface area contributed by atoms with Crippen LogP contribution >= 0.6 is 7.28 Å². The molecular formula is C11H19O3P. The molecule has 86 valence electrons. The molecule has 15 heavy (non-hydrogen) atoms. The van der Waals surface area contributed by atoms with Gasteiger partial charge in [-0.1, -0.05) is 0 Å². The van der Waals surface area contributed by atoms with Crippen LogP contribution in [0, 0.1) is 6.92 Å². The van der Waals surface area contributed by atoms with E-state index in [9.17, 15) is 14.7 Å². The van der Waals surface area contributed by atoms with Gasteiger partial charge in [-0.3, -0.25) is 0 Å². The minimum absolute atomic E-state index is 0.0472. The van der Waals surface area contributed by atoms with Gasteiger partial charge in [-0.25, -0.2) is 0 Å². The van der Waals surface area contributed by atoms with Crippen LogP contribution in [-0.4, -0.2) is 20.8 Å². The van der Waals surface area contributed by atoms with Crippen molar-refractivity contribution in [3.05, 3.63) is 29.8 Å². The summed E-state index contributed by atoms with van der Waals surface area (Å²) in [5.41, 5.74) is 0.912. The molecule has 0 aromatic heterocycles. The predicted molar refractivity (Wildman–Crippen MR) is 64.2 cm³/mol. The zero-order valence-corrected chi connectivity index (χ0v) is 10.1. The molecule has 0 atom stereocenters. The molecule has 3 N–H and O–H groups in total. The van der Waals surface area contributed by atoms with E-state index in [0.717, 1.165) is 12.0 Å². The monoisotopic (exact) mass is 230 g/mol. The Bertz CT molecular complexity index is 341. The third-order valence-electron chi connectivity index (χ3n) is 2.45. The molecule has 0 aliphatic carbocycles. The van der Waals surface area contributed by atoms with E-state index < -0.39 is 7.28 Å². The van der Waals surface area contributed by atoms with Gasteiger partial charge >= 0.3 is 89.9 Å². The average Bonchev–Trinajstić information content (AvgIpc) is 2.15. The van der Waals surface area contributed by atoms with Crippen LogP contribution in [0.4, 0.5) is 0 Å². The van der Waals surface area contributed by atoms with Gasteiger partial charge in [0, 0.05) is 0 Å². The number of hydrogen-bond donors (Lipinski definition) is 3. The first-order valence-electron chi connectivity index (χ1n) is 5.17. The number of benzene rings is 1. The number of hydrogen-bond acceptors (Lipinski definition) is 3. The molecule has 0 bridgehead atoms. The molecule has 0 aliphatic heterocycles. The van der Waals surface area contributed by atoms with Gasteiger partial charge < -0.3 is 0 Å². The van der Waals surface area contributed by atoms with Gasteiger partial charge in [0.15, 0.2) is 0 Å². The molecule has 4 heteroatoms. The predicted octanol–water partition coefficient (Wildman–Crippen LogP) is 1.70. The fraction of sp³-hybridized carbons (Fsp3) is 0.455. The van der Waals surface area contributed by atoms with Gasteiger partial charge in [0.2, 0.25) is 0 Å². The molecule has 3 nitrogen and oxygen atoms in total. The Hall–Kier alpha value is -0.470. The van der Waals surface area contributed by atoms with Gasteiger partial charge in [0.1, 0.15) is 0 Å². The zero-order chi connectivity index (χ0) is 11.6. The van der Waals surface area contributed by atoms with Crippen molar-refractivity contribution in [2.75, 3.05) is 6.16 Å². The first-order chi connectivity index (χ1) is 6.83. The van der Waals surface area contributed by atoms with E-state index in [-0.39, 0.29) is 11.5 Å². The Morgan fingerprint density at radius 2 is 1.87 bits per heavy atom. The van der Waals surface area contributed by atoms with Crippen LogP contribution in [-0.2, 0) is 0 Å². The molecule has 0 amide bonds. The van der Waals surface area contributed by atoms with Crippen molar-refractivity contribution < 1.29 is 14.7 Å². The summed E-state index contributed by atoms with van der Waals surface area (Å²) in [4.78, 5) is 29.8. The zero-order valence-electron chi connectivity index (χ0n) is 9.22. The molecule has 0 unspecified atom stereocenters. The summed E-state index contributed by atoms with van der Waals surface area (Å²) >= 11 is 0. The van der Waals surface area contributed by atoms with Crippen molar-refractivity contribution in [3.63, 3.8) is 0 Å². The van der Waals surface area contributed by atoms with Crippen LogP contribution in [0.2, 0.25) is 0 Å². The van der Waals surface area contributed by atoms with Crippen molar-refractivity contribution >= 4 is 12.6 Å². The van der Waals surface area contributed by atoms with Gasteiger partial charge in [-0.05, 0) is 0 Å². The van der Waals surface area contributed by atoms with Crippen molar-refractivity contribution in [3.8, 4) is 0 Å². The van der Waals surface area contributed by atoms with Gasteiger partial charge in [-0.2, -0.15) is 0 Å². The molecule has 1 rings (SSSR count). The maximum atomic E-state index is 9.95. The molecule has 1 aromatic carbocycles. The molecule has 0 spiro atoms. The fourth-order valence-electron chi connectivity index (χ4n) is 1.49. The van der Waals surface area contributed by atoms with Gasteiger partial charge in [0.05, 0.1) is 0 Å². The Kier molecular flexibility index (Phi) is 3.51. The number of rotatable bonds is 4. The molecule has 0 saturated heterocycles. The van der Waals surface area contributed by atoms with Gasteiger partial charge in [0.25, 0.3) is 0 Å². The minimum atomic E-state index is -4.60. The van der Waals surface area contributed by atoms with E-state index in [0.29, 0.717) is 6.42 Å². The third kappa shape index (κ3) is 3.25. The number of unbranched alkanes of at least 4 members (excludes halogenated alkanes) is 1. The molecule has 0 heterocycles. The van der Waals surface area contributed by atoms with Crippen molar-refractivity contribution in [2.24, 2.45) is 0 Å². The van der Waals surface area contributed by atoms with E-state index in [4.69, 9.17) is 0 Å². The van der Waals surface area contributed by atoms with Crippen molar-refractivity contribution in [1.29, 1.82) is 0 Å². The first kappa shape index (κ1) is 12.6. The summed E-state index contributed by atoms with van der Waals surface area (Å²) in [5.74, 6) is 0. The van der Waals surface area contributed by atoms with E-state index in [1.165, 1.54) is 0 Å². The average molecular weight is 230 g/mol. The Morgan fingerprint density at radius 1 is 1.20 bits per heavy atom. The van der Waals surface area contributed by atoms with E-state index in [2.05, 4.69) is 0 Å².